The predicted octanol–water partition coefficient (Wildman–Crippen LogP) is 3.89. The highest BCUT2D eigenvalue weighted by Crippen LogP contribution is 2.28. The van der Waals surface area contributed by atoms with Crippen molar-refractivity contribution in [2.45, 2.75) is 25.3 Å². The van der Waals surface area contributed by atoms with Crippen molar-refractivity contribution in [1.29, 1.82) is 0 Å². The zero-order valence-electron chi connectivity index (χ0n) is 15.9. The van der Waals surface area contributed by atoms with E-state index in [4.69, 9.17) is 10.5 Å². The highest BCUT2D eigenvalue weighted by molar-refractivity contribution is 7.09. The van der Waals surface area contributed by atoms with Crippen molar-refractivity contribution >= 4 is 34.4 Å². The van der Waals surface area contributed by atoms with Gasteiger partial charge in [-0.15, -0.1) is 11.3 Å². The van der Waals surface area contributed by atoms with Gasteiger partial charge in [-0.25, -0.2) is 9.97 Å². The highest BCUT2D eigenvalue weighted by Gasteiger charge is 2.16. The highest BCUT2D eigenvalue weighted by atomic mass is 32.1. The fourth-order valence-electron chi connectivity index (χ4n) is 3.39. The van der Waals surface area contributed by atoms with Crippen LogP contribution in [0.4, 0.5) is 17.2 Å². The van der Waals surface area contributed by atoms with E-state index < -0.39 is 5.91 Å². The number of carbonyl (C=O) groups is 1. The van der Waals surface area contributed by atoms with Gasteiger partial charge in [0.15, 0.2) is 0 Å². The van der Waals surface area contributed by atoms with Crippen LogP contribution in [0.25, 0.3) is 0 Å². The van der Waals surface area contributed by atoms with Crippen molar-refractivity contribution in [2.24, 2.45) is 5.73 Å². The summed E-state index contributed by atoms with van der Waals surface area (Å²) in [6, 6.07) is 10.2. The maximum Gasteiger partial charge on any atom is 0.252 e. The van der Waals surface area contributed by atoms with E-state index in [1.165, 1.54) is 11.8 Å². The molecule has 2 aromatic heterocycles. The summed E-state index contributed by atoms with van der Waals surface area (Å²) in [5.41, 5.74) is 8.74. The minimum atomic E-state index is -0.522. The first-order chi connectivity index (χ1) is 14.2. The molecule has 29 heavy (non-hydrogen) atoms. The van der Waals surface area contributed by atoms with Crippen LogP contribution in [0.5, 0.6) is 0 Å². The van der Waals surface area contributed by atoms with E-state index in [-0.39, 0.29) is 0 Å². The number of primary amides is 1. The molecule has 1 fully saturated rings. The molecule has 0 spiro atoms. The molecule has 1 amide bonds. The van der Waals surface area contributed by atoms with Crippen LogP contribution < -0.4 is 16.4 Å². The molecule has 4 N–H and O–H groups in total. The fraction of sp³-hybridized carbons (Fsp3) is 0.286. The molecule has 1 aliphatic heterocycles. The number of nitrogens with one attached hydrogen (secondary N) is 2. The van der Waals surface area contributed by atoms with Crippen LogP contribution in [-0.4, -0.2) is 29.1 Å². The Morgan fingerprint density at radius 2 is 2.00 bits per heavy atom. The quantitative estimate of drug-likeness (QED) is 0.547. The second-order valence-electron chi connectivity index (χ2n) is 6.89. The van der Waals surface area contributed by atoms with Gasteiger partial charge in [-0.1, -0.05) is 12.1 Å². The molecule has 150 valence electrons. The number of nitrogens with zero attached hydrogens (tertiary/aromatic N) is 2. The fourth-order valence-corrected chi connectivity index (χ4v) is 3.95. The number of carbonyl (C=O) groups excluding carboxylic acids is 1. The Morgan fingerprint density at radius 1 is 1.21 bits per heavy atom. The molecule has 8 heteroatoms. The van der Waals surface area contributed by atoms with Crippen molar-refractivity contribution < 1.29 is 9.53 Å². The normalized spacial score (nSPS) is 14.5. The number of amides is 1. The topological polar surface area (TPSA) is 102 Å². The van der Waals surface area contributed by atoms with Crippen LogP contribution in [0, 0.1) is 0 Å². The molecule has 0 unspecified atom stereocenters. The lowest BCUT2D eigenvalue weighted by Gasteiger charge is -2.22. The van der Waals surface area contributed by atoms with E-state index in [0.29, 0.717) is 29.5 Å². The molecule has 7 nitrogen and oxygen atoms in total. The van der Waals surface area contributed by atoms with Gasteiger partial charge < -0.3 is 21.1 Å². The Labute approximate surface area is 173 Å². The number of nitrogens with two attached hydrogens (primary N) is 1. The molecule has 1 saturated heterocycles. The molecular formula is C21H23N5O2S. The monoisotopic (exact) mass is 409 g/mol. The van der Waals surface area contributed by atoms with E-state index in [1.807, 2.05) is 5.38 Å². The maximum absolute atomic E-state index is 11.7. The molecule has 0 saturated carbocycles. The van der Waals surface area contributed by atoms with Crippen LogP contribution in [0.3, 0.4) is 0 Å². The third kappa shape index (κ3) is 4.90. The van der Waals surface area contributed by atoms with Crippen molar-refractivity contribution in [3.05, 3.63) is 64.2 Å². The summed E-state index contributed by atoms with van der Waals surface area (Å²) in [6.07, 6.45) is 5.37. The Bertz CT molecular complexity index is 954. The lowest BCUT2D eigenvalue weighted by atomic mass is 9.92. The van der Waals surface area contributed by atoms with E-state index in [2.05, 4.69) is 44.9 Å². The predicted molar refractivity (Wildman–Crippen MR) is 115 cm³/mol. The number of ether oxygens (including phenoxy) is 1. The number of aromatic nitrogens is 2. The van der Waals surface area contributed by atoms with Gasteiger partial charge in [0, 0.05) is 42.7 Å². The number of hydrogen-bond donors (Lipinski definition) is 3. The van der Waals surface area contributed by atoms with Gasteiger partial charge in [0.05, 0.1) is 17.8 Å². The van der Waals surface area contributed by atoms with Crippen LogP contribution in [0.2, 0.25) is 0 Å². The van der Waals surface area contributed by atoms with Crippen molar-refractivity contribution in [2.75, 3.05) is 23.8 Å². The van der Waals surface area contributed by atoms with Gasteiger partial charge in [0.1, 0.15) is 10.8 Å². The van der Waals surface area contributed by atoms with Gasteiger partial charge in [-0.3, -0.25) is 4.79 Å². The summed E-state index contributed by atoms with van der Waals surface area (Å²) in [5, 5.41) is 9.36. The van der Waals surface area contributed by atoms with Crippen molar-refractivity contribution in [3.63, 3.8) is 0 Å². The summed E-state index contributed by atoms with van der Waals surface area (Å²) in [4.78, 5) is 20.3. The number of anilines is 3. The second kappa shape index (κ2) is 9.02. The zero-order valence-corrected chi connectivity index (χ0v) is 16.7. The largest absolute Gasteiger partial charge is 0.381 e. The first kappa shape index (κ1) is 19.4. The van der Waals surface area contributed by atoms with Gasteiger partial charge in [0.25, 0.3) is 5.91 Å². The summed E-state index contributed by atoms with van der Waals surface area (Å²) in [6.45, 7) is 2.18. The van der Waals surface area contributed by atoms with Gasteiger partial charge in [0.2, 0.25) is 0 Å². The van der Waals surface area contributed by atoms with E-state index >= 15 is 0 Å². The van der Waals surface area contributed by atoms with E-state index in [1.54, 1.807) is 23.6 Å². The minimum absolute atomic E-state index is 0.349. The average Bonchev–Trinajstić information content (AvgIpc) is 3.27. The number of benzene rings is 1. The standard InChI is InChI=1S/C21H23N5O2S/c22-21(27)17-12-25-19(11-18(17)24-13-20-23-7-10-29-20)26-16-3-1-14(2-4-16)15-5-8-28-9-6-15/h1-4,7,10-12,15H,5-6,8-9,13H2,(H2,22,27)(H2,24,25,26). The molecule has 4 rings (SSSR count). The van der Waals surface area contributed by atoms with Crippen LogP contribution >= 0.6 is 11.3 Å². The third-order valence-electron chi connectivity index (χ3n) is 4.96. The molecule has 0 radical (unpaired) electrons. The number of pyridine rings is 1. The van der Waals surface area contributed by atoms with Gasteiger partial charge in [-0.2, -0.15) is 0 Å². The zero-order chi connectivity index (χ0) is 20.1. The summed E-state index contributed by atoms with van der Waals surface area (Å²) in [5.74, 6) is 0.675. The first-order valence-corrected chi connectivity index (χ1v) is 10.4. The van der Waals surface area contributed by atoms with Gasteiger partial charge >= 0.3 is 0 Å². The second-order valence-corrected chi connectivity index (χ2v) is 7.87. The van der Waals surface area contributed by atoms with E-state index in [0.717, 1.165) is 36.8 Å². The third-order valence-corrected chi connectivity index (χ3v) is 5.74. The number of rotatable bonds is 7. The molecular weight excluding hydrogens is 386 g/mol. The molecule has 0 bridgehead atoms. The molecule has 1 aromatic carbocycles. The molecule has 3 heterocycles. The Morgan fingerprint density at radius 3 is 2.69 bits per heavy atom. The SMILES string of the molecule is NC(=O)c1cnc(Nc2ccc(C3CCOCC3)cc2)cc1NCc1nccs1. The maximum atomic E-state index is 11.7. The minimum Gasteiger partial charge on any atom is -0.381 e. The summed E-state index contributed by atoms with van der Waals surface area (Å²) in [7, 11) is 0. The number of hydrogen-bond acceptors (Lipinski definition) is 7. The molecule has 0 atom stereocenters. The first-order valence-electron chi connectivity index (χ1n) is 9.56. The molecule has 1 aliphatic rings. The lowest BCUT2D eigenvalue weighted by molar-refractivity contribution is 0.0853. The van der Waals surface area contributed by atoms with Crippen molar-refractivity contribution in [3.8, 4) is 0 Å². The molecule has 3 aromatic rings. The Hall–Kier alpha value is -2.97. The molecule has 0 aliphatic carbocycles. The Balaban J connectivity index is 1.47. The number of thiazole rings is 1. The van der Waals surface area contributed by atoms with Gasteiger partial charge in [-0.05, 0) is 36.5 Å². The Kier molecular flexibility index (Phi) is 6.02. The van der Waals surface area contributed by atoms with Crippen molar-refractivity contribution in [1.82, 2.24) is 9.97 Å². The van der Waals surface area contributed by atoms with Crippen LogP contribution in [0.15, 0.2) is 48.1 Å². The average molecular weight is 410 g/mol. The van der Waals surface area contributed by atoms with E-state index in [9.17, 15) is 4.79 Å². The lowest BCUT2D eigenvalue weighted by Crippen LogP contribution is -2.15. The summed E-state index contributed by atoms with van der Waals surface area (Å²) < 4.78 is 5.44. The van der Waals surface area contributed by atoms with Crippen LogP contribution in [-0.2, 0) is 11.3 Å². The smallest absolute Gasteiger partial charge is 0.252 e. The summed E-state index contributed by atoms with van der Waals surface area (Å²) >= 11 is 1.55. The van der Waals surface area contributed by atoms with Crippen LogP contribution in [0.1, 0.15) is 39.7 Å².